The molecule has 0 aliphatic carbocycles. The highest BCUT2D eigenvalue weighted by Crippen LogP contribution is 2.21. The van der Waals surface area contributed by atoms with Crippen molar-refractivity contribution in [2.75, 3.05) is 13.2 Å². The van der Waals surface area contributed by atoms with E-state index in [0.29, 0.717) is 31.1 Å². The van der Waals surface area contributed by atoms with Gasteiger partial charge in [-0.2, -0.15) is 0 Å². The summed E-state index contributed by atoms with van der Waals surface area (Å²) >= 11 is 0. The fourth-order valence-electron chi connectivity index (χ4n) is 3.53. The Labute approximate surface area is 181 Å². The summed E-state index contributed by atoms with van der Waals surface area (Å²) in [5, 5.41) is 0. The van der Waals surface area contributed by atoms with Crippen LogP contribution in [0, 0.1) is 17.8 Å². The molecule has 1 aliphatic heterocycles. The van der Waals surface area contributed by atoms with Crippen molar-refractivity contribution < 1.29 is 14.3 Å². The van der Waals surface area contributed by atoms with Crippen LogP contribution in [0.5, 0.6) is 0 Å². The van der Waals surface area contributed by atoms with E-state index in [1.807, 2.05) is 17.0 Å². The summed E-state index contributed by atoms with van der Waals surface area (Å²) < 4.78 is 5.02. The molecule has 1 aromatic carbocycles. The molecule has 4 nitrogen and oxygen atoms in total. The van der Waals surface area contributed by atoms with Crippen molar-refractivity contribution >= 4 is 11.9 Å². The van der Waals surface area contributed by atoms with Gasteiger partial charge in [0.05, 0.1) is 18.2 Å². The Kier molecular flexibility index (Phi) is 10.2. The van der Waals surface area contributed by atoms with Gasteiger partial charge >= 0.3 is 5.97 Å². The molecular weight excluding hydrogens is 374 g/mol. The molecule has 2 unspecified atom stereocenters. The quantitative estimate of drug-likeness (QED) is 0.304. The van der Waals surface area contributed by atoms with Crippen LogP contribution in [0.1, 0.15) is 75.2 Å². The number of hydrogen-bond acceptors (Lipinski definition) is 3. The Morgan fingerprint density at radius 2 is 2.03 bits per heavy atom. The monoisotopic (exact) mass is 409 g/mol. The molecule has 0 aromatic heterocycles. The third-order valence-corrected chi connectivity index (χ3v) is 5.33. The van der Waals surface area contributed by atoms with Crippen molar-refractivity contribution in [2.45, 2.75) is 71.8 Å². The van der Waals surface area contributed by atoms with Crippen molar-refractivity contribution in [2.24, 2.45) is 5.92 Å². The van der Waals surface area contributed by atoms with Gasteiger partial charge in [-0.15, -0.1) is 11.8 Å². The molecular formula is C26H35NO3. The molecule has 1 aliphatic rings. The van der Waals surface area contributed by atoms with E-state index >= 15 is 0 Å². The minimum absolute atomic E-state index is 0.190. The van der Waals surface area contributed by atoms with E-state index in [1.54, 1.807) is 19.1 Å². The summed E-state index contributed by atoms with van der Waals surface area (Å²) in [5.41, 5.74) is 1.68. The summed E-state index contributed by atoms with van der Waals surface area (Å²) in [6.07, 6.45) is 10.7. The number of likely N-dealkylation sites (tertiary alicyclic amines) is 1. The molecule has 1 fully saturated rings. The lowest BCUT2D eigenvalue weighted by Gasteiger charge is -2.22. The molecule has 1 saturated heterocycles. The van der Waals surface area contributed by atoms with Gasteiger partial charge in [0.15, 0.2) is 0 Å². The van der Waals surface area contributed by atoms with Gasteiger partial charge in [-0.3, -0.25) is 4.79 Å². The minimum atomic E-state index is -0.297. The van der Waals surface area contributed by atoms with Gasteiger partial charge in [0.1, 0.15) is 0 Å². The van der Waals surface area contributed by atoms with Gasteiger partial charge in [-0.05, 0) is 56.2 Å². The van der Waals surface area contributed by atoms with Crippen LogP contribution in [0.25, 0.3) is 0 Å². The van der Waals surface area contributed by atoms with Gasteiger partial charge in [-0.1, -0.05) is 38.1 Å². The molecule has 2 rings (SSSR count). The molecule has 0 bridgehead atoms. The van der Waals surface area contributed by atoms with Crippen molar-refractivity contribution in [3.63, 3.8) is 0 Å². The van der Waals surface area contributed by atoms with E-state index in [-0.39, 0.29) is 17.9 Å². The minimum Gasteiger partial charge on any atom is -0.462 e. The van der Waals surface area contributed by atoms with Crippen LogP contribution >= 0.6 is 0 Å². The Hall–Kier alpha value is -2.54. The molecule has 1 aromatic rings. The van der Waals surface area contributed by atoms with Crippen molar-refractivity contribution in [3.05, 3.63) is 47.5 Å². The van der Waals surface area contributed by atoms with Crippen molar-refractivity contribution in [1.29, 1.82) is 0 Å². The lowest BCUT2D eigenvalue weighted by Crippen LogP contribution is -2.33. The number of benzene rings is 1. The fraction of sp³-hybridized carbons (Fsp3) is 0.538. The van der Waals surface area contributed by atoms with Gasteiger partial charge in [0, 0.05) is 25.8 Å². The van der Waals surface area contributed by atoms with Gasteiger partial charge in [-0.25, -0.2) is 4.79 Å². The first kappa shape index (κ1) is 23.7. The second kappa shape index (κ2) is 12.9. The average molecular weight is 410 g/mol. The Morgan fingerprint density at radius 1 is 1.27 bits per heavy atom. The summed E-state index contributed by atoms with van der Waals surface area (Å²) in [7, 11) is 0. The number of hydrogen-bond donors (Lipinski definition) is 0. The van der Waals surface area contributed by atoms with Crippen LogP contribution < -0.4 is 0 Å². The summed E-state index contributed by atoms with van der Waals surface area (Å²) in [4.78, 5) is 26.1. The Morgan fingerprint density at radius 3 is 2.73 bits per heavy atom. The maximum atomic E-state index is 12.3. The van der Waals surface area contributed by atoms with Crippen LogP contribution in [0.4, 0.5) is 0 Å². The molecule has 0 radical (unpaired) electrons. The third-order valence-electron chi connectivity index (χ3n) is 5.33. The van der Waals surface area contributed by atoms with E-state index < -0.39 is 0 Å². The number of allylic oxidation sites excluding steroid dienone is 1. The molecule has 1 amide bonds. The molecule has 0 saturated carbocycles. The van der Waals surface area contributed by atoms with Gasteiger partial charge in [0.2, 0.25) is 5.91 Å². The SMILES string of the molecule is CCCC#CCC(C)C/C=C/C1CCC(=O)N1CCc1ccc(C(=O)OCC)cc1. The number of carbonyl (C=O) groups is 2. The molecule has 4 heteroatoms. The molecule has 0 N–H and O–H groups in total. The number of rotatable bonds is 10. The zero-order valence-corrected chi connectivity index (χ0v) is 18.7. The van der Waals surface area contributed by atoms with Crippen LogP contribution in [0.15, 0.2) is 36.4 Å². The molecule has 30 heavy (non-hydrogen) atoms. The largest absolute Gasteiger partial charge is 0.462 e. The van der Waals surface area contributed by atoms with E-state index in [0.717, 1.165) is 44.1 Å². The van der Waals surface area contributed by atoms with E-state index in [2.05, 4.69) is 37.8 Å². The smallest absolute Gasteiger partial charge is 0.338 e. The Balaban J connectivity index is 1.83. The first-order valence-corrected chi connectivity index (χ1v) is 11.2. The van der Waals surface area contributed by atoms with Crippen molar-refractivity contribution in [3.8, 4) is 11.8 Å². The lowest BCUT2D eigenvalue weighted by molar-refractivity contribution is -0.128. The van der Waals surface area contributed by atoms with Crippen LogP contribution in [-0.4, -0.2) is 36.0 Å². The third kappa shape index (κ3) is 7.71. The molecule has 0 spiro atoms. The number of carbonyl (C=O) groups excluding carboxylic acids is 2. The number of esters is 1. The highest BCUT2D eigenvalue weighted by Gasteiger charge is 2.28. The van der Waals surface area contributed by atoms with Crippen LogP contribution in [0.3, 0.4) is 0 Å². The summed E-state index contributed by atoms with van der Waals surface area (Å²) in [6, 6.07) is 7.66. The number of ether oxygens (including phenoxy) is 1. The highest BCUT2D eigenvalue weighted by molar-refractivity contribution is 5.89. The number of amides is 1. The van der Waals surface area contributed by atoms with E-state index in [4.69, 9.17) is 4.74 Å². The second-order valence-corrected chi connectivity index (χ2v) is 7.94. The first-order chi connectivity index (χ1) is 14.5. The molecule has 1 heterocycles. The standard InChI is InChI=1S/C26H35NO3/c1-4-6-7-8-10-21(3)11-9-12-24-17-18-25(28)27(24)20-19-22-13-15-23(16-14-22)26(29)30-5-2/h9,12-16,21,24H,4-6,10-11,17-20H2,1-3H3/b12-9+. The highest BCUT2D eigenvalue weighted by atomic mass is 16.5. The predicted molar refractivity (Wildman–Crippen MR) is 121 cm³/mol. The normalized spacial score (nSPS) is 17.1. The fourth-order valence-corrected chi connectivity index (χ4v) is 3.53. The van der Waals surface area contributed by atoms with Crippen molar-refractivity contribution in [1.82, 2.24) is 4.90 Å². The van der Waals surface area contributed by atoms with Gasteiger partial charge in [0.25, 0.3) is 0 Å². The van der Waals surface area contributed by atoms with E-state index in [9.17, 15) is 9.59 Å². The van der Waals surface area contributed by atoms with Crippen LogP contribution in [-0.2, 0) is 16.0 Å². The second-order valence-electron chi connectivity index (χ2n) is 7.94. The first-order valence-electron chi connectivity index (χ1n) is 11.2. The lowest BCUT2D eigenvalue weighted by atomic mass is 10.0. The zero-order chi connectivity index (χ0) is 21.8. The van der Waals surface area contributed by atoms with Gasteiger partial charge < -0.3 is 9.64 Å². The van der Waals surface area contributed by atoms with Crippen LogP contribution in [0.2, 0.25) is 0 Å². The van der Waals surface area contributed by atoms with E-state index in [1.165, 1.54) is 0 Å². The zero-order valence-electron chi connectivity index (χ0n) is 18.7. The summed E-state index contributed by atoms with van der Waals surface area (Å²) in [5.74, 6) is 6.93. The topological polar surface area (TPSA) is 46.6 Å². The molecule has 2 atom stereocenters. The Bertz CT molecular complexity index is 770. The molecule has 162 valence electrons. The maximum absolute atomic E-state index is 12.3. The number of nitrogens with zero attached hydrogens (tertiary/aromatic N) is 1. The average Bonchev–Trinajstić information content (AvgIpc) is 3.09. The maximum Gasteiger partial charge on any atom is 0.338 e. The summed E-state index contributed by atoms with van der Waals surface area (Å²) in [6.45, 7) is 7.24. The predicted octanol–water partition coefficient (Wildman–Crippen LogP) is 5.17. The number of unbranched alkanes of at least 4 members (excludes halogenated alkanes) is 1.